The first-order valence-electron chi connectivity index (χ1n) is 5.64. The Morgan fingerprint density at radius 3 is 2.63 bits per heavy atom. The van der Waals surface area contributed by atoms with Gasteiger partial charge in [0.05, 0.1) is 6.26 Å². The predicted molar refractivity (Wildman–Crippen MR) is 65.5 cm³/mol. The number of hydrogen-bond acceptors (Lipinski definition) is 3. The van der Waals surface area contributed by atoms with E-state index in [1.165, 1.54) is 37.5 Å². The van der Waals surface area contributed by atoms with Gasteiger partial charge in [-0.15, -0.1) is 0 Å². The van der Waals surface area contributed by atoms with Crippen molar-refractivity contribution in [2.45, 2.75) is 19.4 Å². The molecule has 2 rings (SSSR count). The van der Waals surface area contributed by atoms with E-state index >= 15 is 0 Å². The molecule has 0 saturated carbocycles. The summed E-state index contributed by atoms with van der Waals surface area (Å²) in [6.07, 6.45) is 1.18. The molecule has 1 unspecified atom stereocenters. The van der Waals surface area contributed by atoms with E-state index in [2.05, 4.69) is 0 Å². The van der Waals surface area contributed by atoms with Gasteiger partial charge in [0.2, 0.25) is 0 Å². The number of aryl methyl sites for hydroxylation is 1. The van der Waals surface area contributed by atoms with Crippen LogP contribution in [0.15, 0.2) is 34.9 Å². The van der Waals surface area contributed by atoms with Crippen molar-refractivity contribution in [3.8, 4) is 0 Å². The van der Waals surface area contributed by atoms with E-state index in [0.29, 0.717) is 5.56 Å². The molecule has 0 fully saturated rings. The molecule has 19 heavy (non-hydrogen) atoms. The monoisotopic (exact) mass is 264 g/mol. The van der Waals surface area contributed by atoms with Crippen LogP contribution in [0.5, 0.6) is 0 Å². The quantitative estimate of drug-likeness (QED) is 0.894. The number of carboxylic acid groups (broad SMARTS) is 1. The number of benzene rings is 1. The molecule has 5 heteroatoms. The lowest BCUT2D eigenvalue weighted by atomic mass is 9.90. The molecule has 0 saturated heterocycles. The Balaban J connectivity index is 2.54. The lowest BCUT2D eigenvalue weighted by molar-refractivity contribution is 0.0614. The summed E-state index contributed by atoms with van der Waals surface area (Å²) in [5.41, 5.74) is -1.19. The molecule has 1 aromatic heterocycles. The van der Waals surface area contributed by atoms with Crippen LogP contribution >= 0.6 is 0 Å². The molecule has 0 bridgehead atoms. The zero-order valence-electron chi connectivity index (χ0n) is 10.5. The topological polar surface area (TPSA) is 70.7 Å². The van der Waals surface area contributed by atoms with E-state index in [-0.39, 0.29) is 16.9 Å². The summed E-state index contributed by atoms with van der Waals surface area (Å²) in [5, 5.41) is 19.5. The molecule has 1 heterocycles. The minimum Gasteiger partial charge on any atom is -0.478 e. The molecular formula is C14H13FO4. The number of halogens is 1. The van der Waals surface area contributed by atoms with Crippen LogP contribution in [0.1, 0.15) is 34.2 Å². The van der Waals surface area contributed by atoms with Crippen molar-refractivity contribution in [1.29, 1.82) is 0 Å². The fraction of sp³-hybridized carbons (Fsp3) is 0.214. The lowest BCUT2D eigenvalue weighted by Gasteiger charge is -2.22. The fourth-order valence-electron chi connectivity index (χ4n) is 1.88. The number of aliphatic hydroxyl groups is 1. The van der Waals surface area contributed by atoms with Gasteiger partial charge in [-0.3, -0.25) is 0 Å². The lowest BCUT2D eigenvalue weighted by Crippen LogP contribution is -2.25. The third-order valence-electron chi connectivity index (χ3n) is 3.07. The van der Waals surface area contributed by atoms with Gasteiger partial charge in [0.15, 0.2) is 5.76 Å². The highest BCUT2D eigenvalue weighted by Gasteiger charge is 2.34. The number of carbonyl (C=O) groups is 1. The fourth-order valence-corrected chi connectivity index (χ4v) is 1.88. The molecule has 2 aromatic rings. The van der Waals surface area contributed by atoms with Crippen molar-refractivity contribution in [3.05, 3.63) is 58.8 Å². The molecule has 1 aromatic carbocycles. The largest absolute Gasteiger partial charge is 0.478 e. The van der Waals surface area contributed by atoms with Crippen LogP contribution < -0.4 is 0 Å². The van der Waals surface area contributed by atoms with Gasteiger partial charge in [0.25, 0.3) is 0 Å². The summed E-state index contributed by atoms with van der Waals surface area (Å²) in [7, 11) is 0. The molecule has 4 nitrogen and oxygen atoms in total. The molecule has 0 amide bonds. The standard InChI is InChI=1S/C14H13FO4/c1-8-3-4-9(7-11(8)15)14(2,18)12-10(13(16)17)5-6-19-12/h3-7,18H,1-2H3,(H,16,17). The summed E-state index contributed by atoms with van der Waals surface area (Å²) < 4.78 is 18.6. The van der Waals surface area contributed by atoms with Gasteiger partial charge in [-0.05, 0) is 37.1 Å². The predicted octanol–water partition coefficient (Wildman–Crippen LogP) is 2.68. The Bertz CT molecular complexity index is 628. The van der Waals surface area contributed by atoms with E-state index < -0.39 is 17.4 Å². The number of hydrogen-bond donors (Lipinski definition) is 2. The first kappa shape index (κ1) is 13.3. The van der Waals surface area contributed by atoms with Gasteiger partial charge in [0.1, 0.15) is 17.0 Å². The summed E-state index contributed by atoms with van der Waals surface area (Å²) in [6.45, 7) is 2.96. The first-order valence-corrected chi connectivity index (χ1v) is 5.64. The van der Waals surface area contributed by atoms with E-state index in [4.69, 9.17) is 9.52 Å². The van der Waals surface area contributed by atoms with Crippen LogP contribution in [0.4, 0.5) is 4.39 Å². The smallest absolute Gasteiger partial charge is 0.339 e. The van der Waals surface area contributed by atoms with Crippen molar-refractivity contribution in [1.82, 2.24) is 0 Å². The molecule has 0 aliphatic carbocycles. The van der Waals surface area contributed by atoms with Crippen LogP contribution in [0.25, 0.3) is 0 Å². The number of carboxylic acids is 1. The third-order valence-corrected chi connectivity index (χ3v) is 3.07. The number of rotatable bonds is 3. The van der Waals surface area contributed by atoms with Gasteiger partial charge >= 0.3 is 5.97 Å². The van der Waals surface area contributed by atoms with E-state index in [0.717, 1.165) is 0 Å². The molecule has 2 N–H and O–H groups in total. The summed E-state index contributed by atoms with van der Waals surface area (Å²) >= 11 is 0. The Hall–Kier alpha value is -2.14. The second-order valence-corrected chi connectivity index (χ2v) is 4.50. The van der Waals surface area contributed by atoms with Crippen LogP contribution in [-0.2, 0) is 5.60 Å². The highest BCUT2D eigenvalue weighted by atomic mass is 19.1. The summed E-state index contributed by atoms with van der Waals surface area (Å²) in [4.78, 5) is 11.0. The van der Waals surface area contributed by atoms with Crippen molar-refractivity contribution >= 4 is 5.97 Å². The van der Waals surface area contributed by atoms with Crippen LogP contribution in [0, 0.1) is 12.7 Å². The van der Waals surface area contributed by atoms with Crippen molar-refractivity contribution in [2.75, 3.05) is 0 Å². The summed E-state index contributed by atoms with van der Waals surface area (Å²) in [6, 6.07) is 5.47. The highest BCUT2D eigenvalue weighted by Crippen LogP contribution is 2.33. The van der Waals surface area contributed by atoms with Gasteiger partial charge in [-0.2, -0.15) is 0 Å². The van der Waals surface area contributed by atoms with Gasteiger partial charge in [-0.1, -0.05) is 12.1 Å². The third kappa shape index (κ3) is 2.24. The maximum Gasteiger partial charge on any atom is 0.339 e. The van der Waals surface area contributed by atoms with Crippen LogP contribution in [-0.4, -0.2) is 16.2 Å². The molecular weight excluding hydrogens is 251 g/mol. The van der Waals surface area contributed by atoms with E-state index in [1.54, 1.807) is 6.92 Å². The highest BCUT2D eigenvalue weighted by molar-refractivity contribution is 5.89. The van der Waals surface area contributed by atoms with E-state index in [1.807, 2.05) is 0 Å². The maximum atomic E-state index is 13.6. The second-order valence-electron chi connectivity index (χ2n) is 4.50. The minimum absolute atomic E-state index is 0.122. The van der Waals surface area contributed by atoms with Crippen molar-refractivity contribution in [3.63, 3.8) is 0 Å². The second kappa shape index (κ2) is 4.51. The maximum absolute atomic E-state index is 13.6. The number of aromatic carboxylic acids is 1. The van der Waals surface area contributed by atoms with Crippen LogP contribution in [0.2, 0.25) is 0 Å². The van der Waals surface area contributed by atoms with E-state index in [9.17, 15) is 14.3 Å². The zero-order valence-corrected chi connectivity index (χ0v) is 10.5. The van der Waals surface area contributed by atoms with Crippen molar-refractivity contribution in [2.24, 2.45) is 0 Å². The average molecular weight is 264 g/mol. The SMILES string of the molecule is Cc1ccc(C(C)(O)c2occc2C(=O)O)cc1F. The Morgan fingerprint density at radius 1 is 1.37 bits per heavy atom. The Kier molecular flexibility index (Phi) is 3.16. The minimum atomic E-state index is -1.72. The van der Waals surface area contributed by atoms with Gasteiger partial charge < -0.3 is 14.6 Å². The first-order chi connectivity index (χ1) is 8.84. The van der Waals surface area contributed by atoms with Crippen molar-refractivity contribution < 1.29 is 23.8 Å². The molecule has 0 spiro atoms. The van der Waals surface area contributed by atoms with Gasteiger partial charge in [-0.25, -0.2) is 9.18 Å². The van der Waals surface area contributed by atoms with Gasteiger partial charge in [0, 0.05) is 0 Å². The summed E-state index contributed by atoms with van der Waals surface area (Å²) in [5.74, 6) is -1.80. The zero-order chi connectivity index (χ0) is 14.2. The molecule has 0 aliphatic heterocycles. The normalized spacial score (nSPS) is 14.1. The molecule has 0 radical (unpaired) electrons. The molecule has 0 aliphatic rings. The Morgan fingerprint density at radius 2 is 2.05 bits per heavy atom. The average Bonchev–Trinajstić information content (AvgIpc) is 2.82. The molecule has 1 atom stereocenters. The number of furan rings is 1. The molecule has 100 valence electrons. The Labute approximate surface area is 109 Å². The van der Waals surface area contributed by atoms with Crippen LogP contribution in [0.3, 0.4) is 0 Å².